The Bertz CT molecular complexity index is 3690. The molecule has 12 rings (SSSR count). The molecular formula is C63H42N2O. The van der Waals surface area contributed by atoms with E-state index in [1.54, 1.807) is 0 Å². The van der Waals surface area contributed by atoms with Crippen molar-refractivity contribution in [1.29, 1.82) is 0 Å². The van der Waals surface area contributed by atoms with Crippen molar-refractivity contribution in [1.82, 2.24) is 4.98 Å². The third kappa shape index (κ3) is 7.29. The van der Waals surface area contributed by atoms with Gasteiger partial charge in [-0.2, -0.15) is 0 Å². The maximum atomic E-state index is 6.29. The van der Waals surface area contributed by atoms with E-state index in [9.17, 15) is 0 Å². The van der Waals surface area contributed by atoms with E-state index in [0.717, 1.165) is 83.4 Å². The van der Waals surface area contributed by atoms with Crippen LogP contribution in [0.2, 0.25) is 0 Å². The second kappa shape index (κ2) is 16.7. The zero-order chi connectivity index (χ0) is 43.8. The first kappa shape index (κ1) is 38.9. The molecule has 0 aliphatic rings. The van der Waals surface area contributed by atoms with E-state index in [-0.39, 0.29) is 0 Å². The van der Waals surface area contributed by atoms with E-state index in [4.69, 9.17) is 9.40 Å². The molecule has 12 aromatic rings. The number of fused-ring (bicyclic) bond motifs is 4. The van der Waals surface area contributed by atoms with Gasteiger partial charge in [-0.1, -0.05) is 188 Å². The van der Waals surface area contributed by atoms with Crippen LogP contribution >= 0.6 is 0 Å². The molecule has 0 bridgehead atoms. The van der Waals surface area contributed by atoms with Crippen LogP contribution in [0.3, 0.4) is 0 Å². The van der Waals surface area contributed by atoms with Crippen molar-refractivity contribution in [3.8, 4) is 67.1 Å². The summed E-state index contributed by atoms with van der Waals surface area (Å²) in [7, 11) is 0. The summed E-state index contributed by atoms with van der Waals surface area (Å²) in [6.07, 6.45) is 0. The lowest BCUT2D eigenvalue weighted by atomic mass is 9.92. The molecule has 3 heteroatoms. The quantitative estimate of drug-likeness (QED) is 0.145. The van der Waals surface area contributed by atoms with Crippen LogP contribution < -0.4 is 4.90 Å². The molecule has 11 aromatic carbocycles. The zero-order valence-electron chi connectivity index (χ0n) is 36.1. The lowest BCUT2D eigenvalue weighted by Crippen LogP contribution is -2.12. The number of benzene rings is 11. The summed E-state index contributed by atoms with van der Waals surface area (Å²) in [6, 6.07) is 91.3. The number of hydrogen-bond donors (Lipinski definition) is 0. The minimum absolute atomic E-state index is 0.624. The Labute approximate surface area is 384 Å². The fraction of sp³-hybridized carbons (Fsp3) is 0. The largest absolute Gasteiger partial charge is 0.436 e. The van der Waals surface area contributed by atoms with Gasteiger partial charge in [0.1, 0.15) is 5.52 Å². The molecule has 0 saturated carbocycles. The highest BCUT2D eigenvalue weighted by Crippen LogP contribution is 2.47. The molecule has 0 spiro atoms. The van der Waals surface area contributed by atoms with Crippen molar-refractivity contribution in [2.24, 2.45) is 0 Å². The Morgan fingerprint density at radius 1 is 0.303 bits per heavy atom. The summed E-state index contributed by atoms with van der Waals surface area (Å²) >= 11 is 0. The molecule has 3 nitrogen and oxygen atoms in total. The Kier molecular flexibility index (Phi) is 9.85. The van der Waals surface area contributed by atoms with Gasteiger partial charge in [0.05, 0.1) is 5.69 Å². The maximum absolute atomic E-state index is 6.29. The van der Waals surface area contributed by atoms with Crippen LogP contribution in [-0.2, 0) is 0 Å². The average Bonchev–Trinajstić information content (AvgIpc) is 3.85. The van der Waals surface area contributed by atoms with E-state index < -0.39 is 0 Å². The Morgan fingerprint density at radius 2 is 0.848 bits per heavy atom. The molecule has 0 aliphatic carbocycles. The second-order valence-electron chi connectivity index (χ2n) is 16.7. The van der Waals surface area contributed by atoms with Gasteiger partial charge in [0.25, 0.3) is 0 Å². The maximum Gasteiger partial charge on any atom is 0.227 e. The number of anilines is 3. The van der Waals surface area contributed by atoms with E-state index in [1.165, 1.54) is 27.5 Å². The average molecular weight is 843 g/mol. The second-order valence-corrected chi connectivity index (χ2v) is 16.7. The first-order chi connectivity index (χ1) is 32.7. The molecule has 0 radical (unpaired) electrons. The molecule has 66 heavy (non-hydrogen) atoms. The third-order valence-corrected chi connectivity index (χ3v) is 12.6. The molecule has 310 valence electrons. The first-order valence-electron chi connectivity index (χ1n) is 22.4. The molecule has 0 aliphatic heterocycles. The SMILES string of the molecule is c1ccc(-c2cccc(N(c3cc(-c4ccccc4)cc(-c4ccc5c(ccc6oc(-c7ccccc7)nc65)c4)c3)c3ccc(-c4ccccc4)cc3-c3cccc4ccccc34)c2)cc1. The standard InChI is InChI=1S/C63H42N2O/c1-5-17-43(18-6-1)48-27-15-28-54(39-48)65(60-35-32-50(44-19-7-2-8-20-44)42-59(60)58-30-16-26-46-23-13-14-29-56(46)58)55-40-52(45-21-9-3-10-22-45)38-53(41-55)49-31-34-57-51(37-49)33-36-61-62(57)64-63(66-61)47-24-11-4-12-25-47/h1-42H. The third-order valence-electron chi connectivity index (χ3n) is 12.6. The molecule has 0 unspecified atom stereocenters. The van der Waals surface area contributed by atoms with Crippen LogP contribution in [0.1, 0.15) is 0 Å². The van der Waals surface area contributed by atoms with Gasteiger partial charge >= 0.3 is 0 Å². The normalized spacial score (nSPS) is 11.3. The van der Waals surface area contributed by atoms with Gasteiger partial charge < -0.3 is 9.32 Å². The van der Waals surface area contributed by atoms with E-state index in [0.29, 0.717) is 5.89 Å². The molecule has 0 saturated heterocycles. The van der Waals surface area contributed by atoms with E-state index in [2.05, 4.69) is 223 Å². The minimum Gasteiger partial charge on any atom is -0.436 e. The molecule has 0 atom stereocenters. The van der Waals surface area contributed by atoms with E-state index >= 15 is 0 Å². The fourth-order valence-electron chi connectivity index (χ4n) is 9.41. The van der Waals surface area contributed by atoms with Crippen molar-refractivity contribution in [3.63, 3.8) is 0 Å². The summed E-state index contributed by atoms with van der Waals surface area (Å²) in [4.78, 5) is 7.46. The Hall–Kier alpha value is -8.79. The summed E-state index contributed by atoms with van der Waals surface area (Å²) in [5.74, 6) is 0.624. The number of nitrogens with zero attached hydrogens (tertiary/aromatic N) is 2. The van der Waals surface area contributed by atoms with Crippen molar-refractivity contribution < 1.29 is 4.42 Å². The molecular weight excluding hydrogens is 801 g/mol. The predicted molar refractivity (Wildman–Crippen MR) is 276 cm³/mol. The van der Waals surface area contributed by atoms with Gasteiger partial charge in [0, 0.05) is 27.9 Å². The van der Waals surface area contributed by atoms with Gasteiger partial charge in [-0.25, -0.2) is 4.98 Å². The van der Waals surface area contributed by atoms with Crippen LogP contribution in [0.25, 0.3) is 99.7 Å². The zero-order valence-corrected chi connectivity index (χ0v) is 36.1. The van der Waals surface area contributed by atoms with Crippen molar-refractivity contribution in [2.45, 2.75) is 0 Å². The number of hydrogen-bond acceptors (Lipinski definition) is 3. The van der Waals surface area contributed by atoms with Gasteiger partial charge in [0.2, 0.25) is 5.89 Å². The van der Waals surface area contributed by atoms with Gasteiger partial charge in [-0.15, -0.1) is 0 Å². The lowest BCUT2D eigenvalue weighted by molar-refractivity contribution is 0.620. The van der Waals surface area contributed by atoms with Crippen LogP contribution in [0.4, 0.5) is 17.1 Å². The highest BCUT2D eigenvalue weighted by atomic mass is 16.3. The molecule has 0 fully saturated rings. The first-order valence-corrected chi connectivity index (χ1v) is 22.4. The highest BCUT2D eigenvalue weighted by Gasteiger charge is 2.22. The van der Waals surface area contributed by atoms with Gasteiger partial charge in [0.15, 0.2) is 5.58 Å². The number of oxazole rings is 1. The topological polar surface area (TPSA) is 29.3 Å². The van der Waals surface area contributed by atoms with Crippen molar-refractivity contribution in [2.75, 3.05) is 4.90 Å². The Morgan fingerprint density at radius 3 is 1.58 bits per heavy atom. The van der Waals surface area contributed by atoms with Crippen LogP contribution in [0, 0.1) is 0 Å². The van der Waals surface area contributed by atoms with Crippen molar-refractivity contribution in [3.05, 3.63) is 255 Å². The summed E-state index contributed by atoms with van der Waals surface area (Å²) < 4.78 is 6.29. The summed E-state index contributed by atoms with van der Waals surface area (Å²) in [6.45, 7) is 0. The number of aromatic nitrogens is 1. The fourth-order valence-corrected chi connectivity index (χ4v) is 9.41. The lowest BCUT2D eigenvalue weighted by Gasteiger charge is -2.30. The molecule has 1 aromatic heterocycles. The monoisotopic (exact) mass is 842 g/mol. The summed E-state index contributed by atoms with van der Waals surface area (Å²) in [5, 5.41) is 4.56. The van der Waals surface area contributed by atoms with Crippen LogP contribution in [0.15, 0.2) is 259 Å². The van der Waals surface area contributed by atoms with Gasteiger partial charge in [-0.05, 0) is 133 Å². The minimum atomic E-state index is 0.624. The smallest absolute Gasteiger partial charge is 0.227 e. The molecule has 0 N–H and O–H groups in total. The van der Waals surface area contributed by atoms with Crippen LogP contribution in [-0.4, -0.2) is 4.98 Å². The predicted octanol–water partition coefficient (Wildman–Crippen LogP) is 17.6. The van der Waals surface area contributed by atoms with Gasteiger partial charge in [-0.3, -0.25) is 0 Å². The molecule has 0 amide bonds. The number of rotatable bonds is 9. The van der Waals surface area contributed by atoms with E-state index in [1.807, 2.05) is 36.4 Å². The highest BCUT2D eigenvalue weighted by molar-refractivity contribution is 6.06. The summed E-state index contributed by atoms with van der Waals surface area (Å²) in [5.41, 5.74) is 17.2. The van der Waals surface area contributed by atoms with Crippen LogP contribution in [0.5, 0.6) is 0 Å². The Balaban J connectivity index is 1.10. The van der Waals surface area contributed by atoms with Crippen molar-refractivity contribution >= 4 is 49.7 Å². The molecule has 1 heterocycles.